The molecule has 0 aromatic heterocycles. The van der Waals surface area contributed by atoms with E-state index >= 15 is 0 Å². The molecule has 0 bridgehead atoms. The van der Waals surface area contributed by atoms with Gasteiger partial charge in [0.05, 0.1) is 18.7 Å². The minimum Gasteiger partial charge on any atom is -0.495 e. The smallest absolute Gasteiger partial charge is 0.246 e. The van der Waals surface area contributed by atoms with Crippen LogP contribution in [0.25, 0.3) is 0 Å². The number of nitrogens with one attached hydrogen (secondary N) is 1. The molecule has 0 saturated carbocycles. The maximum atomic E-state index is 12.7. The summed E-state index contributed by atoms with van der Waals surface area (Å²) in [7, 11) is -0.319. The zero-order valence-corrected chi connectivity index (χ0v) is 13.0. The van der Waals surface area contributed by atoms with Crippen LogP contribution >= 0.6 is 0 Å². The van der Waals surface area contributed by atoms with E-state index < -0.39 is 10.0 Å². The number of nitrogens with zero attached hydrogens (tertiary/aromatic N) is 2. The molecular weight excluding hydrogens is 290 g/mol. The van der Waals surface area contributed by atoms with Gasteiger partial charge in [-0.2, -0.15) is 9.57 Å². The molecule has 2 rings (SSSR count). The average Bonchev–Trinajstić information content (AvgIpc) is 2.96. The molecule has 1 atom stereocenters. The van der Waals surface area contributed by atoms with Crippen molar-refractivity contribution in [2.45, 2.75) is 11.3 Å². The van der Waals surface area contributed by atoms with Crippen LogP contribution in [0, 0.1) is 17.2 Å². The zero-order chi connectivity index (χ0) is 15.5. The van der Waals surface area contributed by atoms with E-state index in [4.69, 9.17) is 10.00 Å². The van der Waals surface area contributed by atoms with E-state index in [1.165, 1.54) is 29.6 Å². The molecule has 7 heteroatoms. The molecule has 1 aromatic rings. The van der Waals surface area contributed by atoms with E-state index in [9.17, 15) is 8.42 Å². The van der Waals surface area contributed by atoms with E-state index in [2.05, 4.69) is 5.32 Å². The van der Waals surface area contributed by atoms with Crippen LogP contribution in [0.3, 0.4) is 0 Å². The Morgan fingerprint density at radius 3 is 2.90 bits per heavy atom. The van der Waals surface area contributed by atoms with Gasteiger partial charge in [-0.05, 0) is 44.1 Å². The SMILES string of the molecule is CNC[C@H]1CCN(S(=O)(=O)c2ccc(C#N)cc2OC)C1. The van der Waals surface area contributed by atoms with Crippen LogP contribution in [0.5, 0.6) is 5.75 Å². The molecule has 0 spiro atoms. The Hall–Kier alpha value is -1.62. The van der Waals surface area contributed by atoms with Gasteiger partial charge in [-0.25, -0.2) is 8.42 Å². The first kappa shape index (κ1) is 15.8. The minimum atomic E-state index is -3.59. The van der Waals surface area contributed by atoms with E-state index in [1.54, 1.807) is 0 Å². The second-order valence-corrected chi connectivity index (χ2v) is 6.96. The number of benzene rings is 1. The Labute approximate surface area is 125 Å². The highest BCUT2D eigenvalue weighted by Gasteiger charge is 2.34. The predicted octanol–water partition coefficient (Wildman–Crippen LogP) is 0.797. The lowest BCUT2D eigenvalue weighted by Gasteiger charge is -2.18. The van der Waals surface area contributed by atoms with Crippen molar-refractivity contribution in [3.05, 3.63) is 23.8 Å². The number of hydrogen-bond donors (Lipinski definition) is 1. The Morgan fingerprint density at radius 1 is 1.52 bits per heavy atom. The first-order chi connectivity index (χ1) is 10.0. The summed E-state index contributed by atoms with van der Waals surface area (Å²) in [6.07, 6.45) is 0.846. The van der Waals surface area contributed by atoms with Gasteiger partial charge in [-0.3, -0.25) is 0 Å². The van der Waals surface area contributed by atoms with Gasteiger partial charge in [0.15, 0.2) is 0 Å². The highest BCUT2D eigenvalue weighted by Crippen LogP contribution is 2.30. The fourth-order valence-corrected chi connectivity index (χ4v) is 4.23. The molecule has 6 nitrogen and oxygen atoms in total. The second kappa shape index (κ2) is 6.43. The lowest BCUT2D eigenvalue weighted by atomic mass is 10.1. The van der Waals surface area contributed by atoms with Crippen molar-refractivity contribution in [3.8, 4) is 11.8 Å². The Bertz CT molecular complexity index is 652. The van der Waals surface area contributed by atoms with Crippen LogP contribution in [-0.2, 0) is 10.0 Å². The molecule has 1 saturated heterocycles. The minimum absolute atomic E-state index is 0.120. The first-order valence-corrected chi connectivity index (χ1v) is 8.19. The summed E-state index contributed by atoms with van der Waals surface area (Å²) >= 11 is 0. The van der Waals surface area contributed by atoms with Gasteiger partial charge in [0.25, 0.3) is 0 Å². The highest BCUT2D eigenvalue weighted by atomic mass is 32.2. The molecule has 1 fully saturated rings. The lowest BCUT2D eigenvalue weighted by Crippen LogP contribution is -2.30. The van der Waals surface area contributed by atoms with Gasteiger partial charge in [0.1, 0.15) is 10.6 Å². The Morgan fingerprint density at radius 2 is 2.29 bits per heavy atom. The maximum absolute atomic E-state index is 12.7. The van der Waals surface area contributed by atoms with Crippen molar-refractivity contribution in [2.24, 2.45) is 5.92 Å². The summed E-state index contributed by atoms with van der Waals surface area (Å²) in [5, 5.41) is 12.0. The normalized spacial score (nSPS) is 19.4. The molecule has 1 aliphatic heterocycles. The van der Waals surface area contributed by atoms with Gasteiger partial charge < -0.3 is 10.1 Å². The summed E-state index contributed by atoms with van der Waals surface area (Å²) in [4.78, 5) is 0.120. The van der Waals surface area contributed by atoms with Gasteiger partial charge in [0, 0.05) is 13.1 Å². The van der Waals surface area contributed by atoms with Gasteiger partial charge in [-0.1, -0.05) is 0 Å². The van der Waals surface area contributed by atoms with Gasteiger partial charge in [-0.15, -0.1) is 0 Å². The van der Waals surface area contributed by atoms with Crippen LogP contribution in [0.2, 0.25) is 0 Å². The molecule has 1 heterocycles. The standard InChI is InChI=1S/C14H19N3O3S/c1-16-9-12-5-6-17(10-12)21(18,19)14-4-3-11(8-15)7-13(14)20-2/h3-4,7,12,16H,5-6,9-10H2,1-2H3/t12-/m1/s1. The van der Waals surface area contributed by atoms with Crippen LogP contribution in [0.15, 0.2) is 23.1 Å². The third-order valence-electron chi connectivity index (χ3n) is 3.65. The lowest BCUT2D eigenvalue weighted by molar-refractivity contribution is 0.397. The highest BCUT2D eigenvalue weighted by molar-refractivity contribution is 7.89. The third kappa shape index (κ3) is 3.18. The predicted molar refractivity (Wildman–Crippen MR) is 78.5 cm³/mol. The molecule has 0 unspecified atom stereocenters. The maximum Gasteiger partial charge on any atom is 0.246 e. The van der Waals surface area contributed by atoms with E-state index in [0.29, 0.717) is 24.6 Å². The largest absolute Gasteiger partial charge is 0.495 e. The number of sulfonamides is 1. The fourth-order valence-electron chi connectivity index (χ4n) is 2.56. The monoisotopic (exact) mass is 309 g/mol. The van der Waals surface area contributed by atoms with Crippen molar-refractivity contribution >= 4 is 10.0 Å². The van der Waals surface area contributed by atoms with Crippen molar-refractivity contribution < 1.29 is 13.2 Å². The summed E-state index contributed by atoms with van der Waals surface area (Å²) in [5.74, 6) is 0.542. The molecule has 0 aliphatic carbocycles. The second-order valence-electron chi connectivity index (χ2n) is 5.05. The van der Waals surface area contributed by atoms with Crippen molar-refractivity contribution in [1.29, 1.82) is 5.26 Å². The van der Waals surface area contributed by atoms with Crippen molar-refractivity contribution in [1.82, 2.24) is 9.62 Å². The Kier molecular flexibility index (Phi) is 4.83. The third-order valence-corrected chi connectivity index (χ3v) is 5.56. The van der Waals surface area contributed by atoms with Crippen LogP contribution < -0.4 is 10.1 Å². The number of hydrogen-bond acceptors (Lipinski definition) is 5. The summed E-state index contributed by atoms with van der Waals surface area (Å²) in [5.41, 5.74) is 0.375. The number of nitriles is 1. The number of rotatable bonds is 5. The van der Waals surface area contributed by atoms with E-state index in [1.807, 2.05) is 13.1 Å². The van der Waals surface area contributed by atoms with Crippen LogP contribution in [0.1, 0.15) is 12.0 Å². The summed E-state index contributed by atoms with van der Waals surface area (Å²) in [6.45, 7) is 1.82. The van der Waals surface area contributed by atoms with E-state index in [-0.39, 0.29) is 10.6 Å². The molecule has 0 amide bonds. The zero-order valence-electron chi connectivity index (χ0n) is 12.2. The van der Waals surface area contributed by atoms with E-state index in [0.717, 1.165) is 13.0 Å². The average molecular weight is 309 g/mol. The Balaban J connectivity index is 2.30. The molecule has 1 aliphatic rings. The molecule has 114 valence electrons. The number of methoxy groups -OCH3 is 1. The molecule has 21 heavy (non-hydrogen) atoms. The first-order valence-electron chi connectivity index (χ1n) is 6.75. The summed E-state index contributed by atoms with van der Waals surface area (Å²) in [6, 6.07) is 6.37. The molecular formula is C14H19N3O3S. The summed E-state index contributed by atoms with van der Waals surface area (Å²) < 4.78 is 32.0. The topological polar surface area (TPSA) is 82.4 Å². The molecule has 1 aromatic carbocycles. The quantitative estimate of drug-likeness (QED) is 0.870. The number of ether oxygens (including phenoxy) is 1. The van der Waals surface area contributed by atoms with Gasteiger partial charge >= 0.3 is 0 Å². The molecule has 1 N–H and O–H groups in total. The van der Waals surface area contributed by atoms with Crippen molar-refractivity contribution in [2.75, 3.05) is 33.8 Å². The van der Waals surface area contributed by atoms with Crippen molar-refractivity contribution in [3.63, 3.8) is 0 Å². The van der Waals surface area contributed by atoms with Crippen LogP contribution in [0.4, 0.5) is 0 Å². The van der Waals surface area contributed by atoms with Gasteiger partial charge in [0.2, 0.25) is 10.0 Å². The fraction of sp³-hybridized carbons (Fsp3) is 0.500. The van der Waals surface area contributed by atoms with Crippen LogP contribution in [-0.4, -0.2) is 46.5 Å². The molecule has 0 radical (unpaired) electrons.